The third-order valence-corrected chi connectivity index (χ3v) is 3.43. The number of aromatic amines is 1. The average Bonchev–Trinajstić information content (AvgIpc) is 2.84. The van der Waals surface area contributed by atoms with Crippen molar-refractivity contribution in [1.29, 1.82) is 0 Å². The molecule has 3 N–H and O–H groups in total. The summed E-state index contributed by atoms with van der Waals surface area (Å²) in [5.74, 6) is 0.0187. The van der Waals surface area contributed by atoms with Crippen LogP contribution in [0.5, 0.6) is 0 Å². The molecule has 116 valence electrons. The van der Waals surface area contributed by atoms with Crippen LogP contribution in [-0.2, 0) is 11.2 Å². The maximum absolute atomic E-state index is 12.1. The third kappa shape index (κ3) is 5.07. The van der Waals surface area contributed by atoms with Gasteiger partial charge in [0.1, 0.15) is 5.82 Å². The van der Waals surface area contributed by atoms with Gasteiger partial charge in [0.05, 0.1) is 6.54 Å². The number of hydrogen-bond donors (Lipinski definition) is 3. The number of nitrogens with one attached hydrogen (secondary N) is 2. The largest absolute Gasteiger partial charge is 0.480 e. The van der Waals surface area contributed by atoms with Crippen LogP contribution in [-0.4, -0.2) is 76.1 Å². The third-order valence-electron chi connectivity index (χ3n) is 3.43. The lowest BCUT2D eigenvalue weighted by atomic mass is 10.4. The highest BCUT2D eigenvalue weighted by Crippen LogP contribution is 2.03. The number of H-pyrrole nitrogens is 1. The number of aromatic nitrogens is 2. The summed E-state index contributed by atoms with van der Waals surface area (Å²) in [7, 11) is 0. The van der Waals surface area contributed by atoms with Crippen LogP contribution in [0.2, 0.25) is 0 Å². The summed E-state index contributed by atoms with van der Waals surface area (Å²) in [6.07, 6.45) is 4.89. The van der Waals surface area contributed by atoms with Crippen LogP contribution in [0.4, 0.5) is 4.79 Å². The van der Waals surface area contributed by atoms with Gasteiger partial charge in [0.25, 0.3) is 0 Å². The number of nitrogens with zero attached hydrogens (tertiary/aromatic N) is 3. The van der Waals surface area contributed by atoms with E-state index in [4.69, 9.17) is 5.11 Å². The monoisotopic (exact) mass is 295 g/mol. The summed E-state index contributed by atoms with van der Waals surface area (Å²) in [5.41, 5.74) is 0. The zero-order valence-corrected chi connectivity index (χ0v) is 11.9. The van der Waals surface area contributed by atoms with Gasteiger partial charge in [-0.15, -0.1) is 0 Å². The van der Waals surface area contributed by atoms with Crippen LogP contribution in [0, 0.1) is 0 Å². The number of carbonyl (C=O) groups excluding carboxylic acids is 1. The second-order valence-electron chi connectivity index (χ2n) is 5.03. The molecule has 0 bridgehead atoms. The minimum atomic E-state index is -0.827. The summed E-state index contributed by atoms with van der Waals surface area (Å²) in [4.78, 5) is 33.4. The van der Waals surface area contributed by atoms with E-state index in [-0.39, 0.29) is 12.6 Å². The molecule has 0 radical (unpaired) electrons. The number of urea groups is 1. The van der Waals surface area contributed by atoms with Crippen LogP contribution >= 0.6 is 0 Å². The van der Waals surface area contributed by atoms with E-state index >= 15 is 0 Å². The zero-order valence-electron chi connectivity index (χ0n) is 11.9. The Labute approximate surface area is 123 Å². The minimum absolute atomic E-state index is 0.0357. The van der Waals surface area contributed by atoms with Crippen molar-refractivity contribution >= 4 is 12.0 Å². The van der Waals surface area contributed by atoms with Crippen LogP contribution < -0.4 is 5.32 Å². The van der Waals surface area contributed by atoms with E-state index in [1.54, 1.807) is 17.3 Å². The van der Waals surface area contributed by atoms with E-state index in [1.165, 1.54) is 0 Å². The molecule has 2 heterocycles. The van der Waals surface area contributed by atoms with Gasteiger partial charge >= 0.3 is 12.0 Å². The number of imidazole rings is 1. The molecule has 21 heavy (non-hydrogen) atoms. The Kier molecular flexibility index (Phi) is 5.56. The number of amides is 2. The Bertz CT molecular complexity index is 462. The lowest BCUT2D eigenvalue weighted by Gasteiger charge is -2.21. The first-order valence-corrected chi connectivity index (χ1v) is 7.10. The van der Waals surface area contributed by atoms with E-state index in [9.17, 15) is 9.59 Å². The number of rotatable bonds is 5. The summed E-state index contributed by atoms with van der Waals surface area (Å²) >= 11 is 0. The van der Waals surface area contributed by atoms with Crippen LogP contribution in [0.25, 0.3) is 0 Å². The van der Waals surface area contributed by atoms with Crippen molar-refractivity contribution < 1.29 is 14.7 Å². The van der Waals surface area contributed by atoms with E-state index in [2.05, 4.69) is 15.3 Å². The van der Waals surface area contributed by atoms with Crippen LogP contribution in [0.3, 0.4) is 0 Å². The molecule has 0 spiro atoms. The smallest absolute Gasteiger partial charge is 0.317 e. The Hall–Kier alpha value is -2.09. The number of aliphatic carboxylic acids is 1. The molecule has 1 aliphatic rings. The van der Waals surface area contributed by atoms with Gasteiger partial charge in [-0.05, 0) is 6.42 Å². The van der Waals surface area contributed by atoms with Crippen LogP contribution in [0.1, 0.15) is 12.2 Å². The molecule has 2 amide bonds. The molecule has 0 saturated carbocycles. The summed E-state index contributed by atoms with van der Waals surface area (Å²) < 4.78 is 0. The Morgan fingerprint density at radius 2 is 2.19 bits per heavy atom. The van der Waals surface area contributed by atoms with E-state index < -0.39 is 5.97 Å². The molecule has 1 aliphatic heterocycles. The lowest BCUT2D eigenvalue weighted by molar-refractivity contribution is -0.138. The Morgan fingerprint density at radius 1 is 1.33 bits per heavy atom. The first kappa shape index (κ1) is 15.3. The van der Waals surface area contributed by atoms with Crippen molar-refractivity contribution in [3.8, 4) is 0 Å². The molecule has 1 aromatic rings. The van der Waals surface area contributed by atoms with Gasteiger partial charge in [-0.2, -0.15) is 0 Å². The summed E-state index contributed by atoms with van der Waals surface area (Å²) in [6, 6.07) is -0.0984. The van der Waals surface area contributed by atoms with E-state index in [0.717, 1.165) is 12.2 Å². The van der Waals surface area contributed by atoms with Gasteiger partial charge in [0.2, 0.25) is 0 Å². The topological polar surface area (TPSA) is 102 Å². The SMILES string of the molecule is O=C(O)CN1CCCN(C(=O)NCCc2ncc[nH]2)CC1. The predicted molar refractivity (Wildman–Crippen MR) is 76.0 cm³/mol. The molecular weight excluding hydrogens is 274 g/mol. The van der Waals surface area contributed by atoms with E-state index in [1.807, 2.05) is 4.90 Å². The molecule has 1 saturated heterocycles. The van der Waals surface area contributed by atoms with Gasteiger partial charge in [0.15, 0.2) is 0 Å². The molecule has 0 atom stereocenters. The van der Waals surface area contributed by atoms with E-state index in [0.29, 0.717) is 39.1 Å². The van der Waals surface area contributed by atoms with Gasteiger partial charge in [0, 0.05) is 51.5 Å². The summed E-state index contributed by atoms with van der Waals surface area (Å²) in [6.45, 7) is 3.08. The molecule has 1 aromatic heterocycles. The van der Waals surface area contributed by atoms with Crippen molar-refractivity contribution in [3.63, 3.8) is 0 Å². The normalized spacial score (nSPS) is 16.5. The molecule has 0 aliphatic carbocycles. The predicted octanol–water partition coefficient (Wildman–Crippen LogP) is -0.246. The van der Waals surface area contributed by atoms with Gasteiger partial charge in [-0.3, -0.25) is 9.69 Å². The second kappa shape index (κ2) is 7.63. The molecule has 0 unspecified atom stereocenters. The Balaban J connectivity index is 1.71. The minimum Gasteiger partial charge on any atom is -0.480 e. The fraction of sp³-hybridized carbons (Fsp3) is 0.615. The van der Waals surface area contributed by atoms with Crippen LogP contribution in [0.15, 0.2) is 12.4 Å². The van der Waals surface area contributed by atoms with Crippen molar-refractivity contribution in [2.45, 2.75) is 12.8 Å². The molecular formula is C13H21N5O3. The number of carbonyl (C=O) groups is 2. The highest BCUT2D eigenvalue weighted by atomic mass is 16.4. The van der Waals surface area contributed by atoms with Crippen molar-refractivity contribution in [1.82, 2.24) is 25.1 Å². The highest BCUT2D eigenvalue weighted by Gasteiger charge is 2.19. The number of hydrogen-bond acceptors (Lipinski definition) is 4. The molecule has 1 fully saturated rings. The molecule has 2 rings (SSSR count). The number of carboxylic acid groups (broad SMARTS) is 1. The fourth-order valence-electron chi connectivity index (χ4n) is 2.36. The molecule has 8 nitrogen and oxygen atoms in total. The molecule has 0 aromatic carbocycles. The second-order valence-corrected chi connectivity index (χ2v) is 5.03. The van der Waals surface area contributed by atoms with Crippen molar-refractivity contribution in [2.24, 2.45) is 0 Å². The lowest BCUT2D eigenvalue weighted by Crippen LogP contribution is -2.43. The quantitative estimate of drug-likeness (QED) is 0.695. The highest BCUT2D eigenvalue weighted by molar-refractivity contribution is 5.74. The van der Waals surface area contributed by atoms with Gasteiger partial charge in [-0.25, -0.2) is 9.78 Å². The summed E-state index contributed by atoms with van der Waals surface area (Å²) in [5, 5.41) is 11.7. The van der Waals surface area contributed by atoms with Crippen molar-refractivity contribution in [2.75, 3.05) is 39.3 Å². The maximum Gasteiger partial charge on any atom is 0.317 e. The zero-order chi connectivity index (χ0) is 15.1. The molecule has 8 heteroatoms. The fourth-order valence-corrected chi connectivity index (χ4v) is 2.36. The average molecular weight is 295 g/mol. The first-order chi connectivity index (χ1) is 10.1. The Morgan fingerprint density at radius 3 is 2.90 bits per heavy atom. The van der Waals surface area contributed by atoms with Gasteiger partial charge < -0.3 is 20.3 Å². The van der Waals surface area contributed by atoms with Crippen molar-refractivity contribution in [3.05, 3.63) is 18.2 Å². The first-order valence-electron chi connectivity index (χ1n) is 7.10. The number of carboxylic acids is 1. The standard InChI is InChI=1S/C13H21N5O3/c19-12(20)10-17-6-1-7-18(9-8-17)13(21)16-3-2-11-14-4-5-15-11/h4-5H,1-3,6-10H2,(H,14,15)(H,16,21)(H,19,20). The maximum atomic E-state index is 12.1. The van der Waals surface area contributed by atoms with Gasteiger partial charge in [-0.1, -0.05) is 0 Å².